The Morgan fingerprint density at radius 2 is 2.22 bits per heavy atom. The molecule has 1 aromatic rings. The Kier molecular flexibility index (Phi) is 5.42. The van der Waals surface area contributed by atoms with Crippen molar-refractivity contribution in [3.8, 4) is 5.88 Å². The number of hydrogen-bond acceptors (Lipinski definition) is 5. The van der Waals surface area contributed by atoms with Gasteiger partial charge in [0.2, 0.25) is 5.88 Å². The van der Waals surface area contributed by atoms with Crippen LogP contribution in [0, 0.1) is 0 Å². The van der Waals surface area contributed by atoms with E-state index >= 15 is 0 Å². The molecule has 0 bridgehead atoms. The molecular formula is C13H17ClF3N3O2S. The van der Waals surface area contributed by atoms with Crippen LogP contribution in [0.1, 0.15) is 25.1 Å². The first kappa shape index (κ1) is 18.3. The van der Waals surface area contributed by atoms with Crippen LogP contribution in [0.4, 0.5) is 13.2 Å². The number of rotatable bonds is 6. The largest absolute Gasteiger partial charge is 0.481 e. The average molecular weight is 372 g/mol. The van der Waals surface area contributed by atoms with Gasteiger partial charge in [0.15, 0.2) is 5.69 Å². The van der Waals surface area contributed by atoms with E-state index in [0.717, 1.165) is 0 Å². The van der Waals surface area contributed by atoms with Crippen LogP contribution < -0.4 is 10.2 Å². The van der Waals surface area contributed by atoms with Gasteiger partial charge < -0.3 is 4.74 Å². The molecule has 1 N–H and O–H groups in total. The number of alkyl halides is 4. The van der Waals surface area contributed by atoms with E-state index in [0.29, 0.717) is 5.03 Å². The molecular weight excluding hydrogens is 355 g/mol. The molecule has 0 saturated heterocycles. The van der Waals surface area contributed by atoms with Crippen molar-refractivity contribution in [1.29, 1.82) is 0 Å². The maximum atomic E-state index is 13.2. The maximum absolute atomic E-state index is 13.2. The van der Waals surface area contributed by atoms with E-state index in [-0.39, 0.29) is 29.6 Å². The van der Waals surface area contributed by atoms with E-state index in [2.05, 4.69) is 10.6 Å². The van der Waals surface area contributed by atoms with Crippen molar-refractivity contribution < 1.29 is 22.7 Å². The van der Waals surface area contributed by atoms with Crippen LogP contribution in [-0.4, -0.2) is 28.4 Å². The van der Waals surface area contributed by atoms with Crippen molar-refractivity contribution in [2.75, 3.05) is 13.0 Å². The molecule has 0 radical (unpaired) electrons. The molecule has 130 valence electrons. The summed E-state index contributed by atoms with van der Waals surface area (Å²) in [6, 6.07) is 0. The fourth-order valence-electron chi connectivity index (χ4n) is 2.07. The van der Waals surface area contributed by atoms with E-state index in [1.807, 2.05) is 0 Å². The van der Waals surface area contributed by atoms with Crippen molar-refractivity contribution in [2.45, 2.75) is 37.9 Å². The number of hydroxylamine groups is 1. The minimum atomic E-state index is -4.54. The fraction of sp³-hybridized carbons (Fsp3) is 0.615. The summed E-state index contributed by atoms with van der Waals surface area (Å²) >= 11 is 6.96. The number of halogens is 4. The number of nitrogens with one attached hydrogen (secondary N) is 1. The summed E-state index contributed by atoms with van der Waals surface area (Å²) in [4.78, 5) is 5.30. The molecule has 0 fully saturated rings. The molecule has 1 aliphatic heterocycles. The molecule has 2 heterocycles. The smallest absolute Gasteiger partial charge is 0.435 e. The lowest BCUT2D eigenvalue weighted by atomic mass is 10.1. The van der Waals surface area contributed by atoms with Gasteiger partial charge >= 0.3 is 6.18 Å². The summed E-state index contributed by atoms with van der Waals surface area (Å²) in [7, 11) is 1.33. The molecule has 0 aromatic carbocycles. The van der Waals surface area contributed by atoms with E-state index < -0.39 is 17.5 Å². The van der Waals surface area contributed by atoms with Crippen molar-refractivity contribution in [3.05, 3.63) is 22.4 Å². The third-order valence-corrected chi connectivity index (χ3v) is 4.69. The number of nitrogens with zero attached hydrogens (tertiary/aromatic N) is 2. The van der Waals surface area contributed by atoms with Crippen LogP contribution >= 0.6 is 23.4 Å². The van der Waals surface area contributed by atoms with Crippen LogP contribution in [0.2, 0.25) is 0 Å². The van der Waals surface area contributed by atoms with Gasteiger partial charge in [-0.05, 0) is 19.9 Å². The first-order chi connectivity index (χ1) is 10.7. The summed E-state index contributed by atoms with van der Waals surface area (Å²) in [5.74, 6) is 0.389. The third kappa shape index (κ3) is 3.89. The molecule has 0 spiro atoms. The van der Waals surface area contributed by atoms with Crippen molar-refractivity contribution in [3.63, 3.8) is 0 Å². The first-order valence-electron chi connectivity index (χ1n) is 6.80. The number of aryl methyl sites for hydroxylation is 1. The molecule has 0 amide bonds. The number of ether oxygens (including phenoxy) is 1. The van der Waals surface area contributed by atoms with Crippen LogP contribution in [0.3, 0.4) is 0 Å². The summed E-state index contributed by atoms with van der Waals surface area (Å²) in [6.45, 7) is 3.76. The highest BCUT2D eigenvalue weighted by molar-refractivity contribution is 8.02. The van der Waals surface area contributed by atoms with Crippen molar-refractivity contribution >= 4 is 23.4 Å². The first-order valence-corrected chi connectivity index (χ1v) is 8.32. The molecule has 23 heavy (non-hydrogen) atoms. The van der Waals surface area contributed by atoms with E-state index in [1.54, 1.807) is 19.9 Å². The Morgan fingerprint density at radius 1 is 1.52 bits per heavy atom. The highest BCUT2D eigenvalue weighted by atomic mass is 35.5. The zero-order chi connectivity index (χ0) is 17.3. The number of methoxy groups -OCH3 is 1. The molecule has 10 heteroatoms. The predicted octanol–water partition coefficient (Wildman–Crippen LogP) is 3.54. The third-order valence-electron chi connectivity index (χ3n) is 3.22. The van der Waals surface area contributed by atoms with Crippen LogP contribution in [-0.2, 0) is 23.3 Å². The zero-order valence-electron chi connectivity index (χ0n) is 12.8. The van der Waals surface area contributed by atoms with Crippen molar-refractivity contribution in [1.82, 2.24) is 15.3 Å². The second-order valence-electron chi connectivity index (χ2n) is 5.10. The Morgan fingerprint density at radius 3 is 2.70 bits per heavy atom. The lowest BCUT2D eigenvalue weighted by Crippen LogP contribution is -2.27. The van der Waals surface area contributed by atoms with Crippen molar-refractivity contribution in [2.24, 2.45) is 0 Å². The van der Waals surface area contributed by atoms with Crippen LogP contribution in [0.5, 0.6) is 5.88 Å². The van der Waals surface area contributed by atoms with E-state index in [9.17, 15) is 13.2 Å². The van der Waals surface area contributed by atoms with Gasteiger partial charge in [-0.2, -0.15) is 18.3 Å². The number of thioether (sulfide) groups is 1. The van der Waals surface area contributed by atoms with Gasteiger partial charge in [-0.25, -0.2) is 4.68 Å². The Labute approximate surface area is 141 Å². The average Bonchev–Trinajstić information content (AvgIpc) is 3.05. The van der Waals surface area contributed by atoms with Gasteiger partial charge in [0.1, 0.15) is 5.60 Å². The van der Waals surface area contributed by atoms with E-state index in [1.165, 1.54) is 23.6 Å². The Balaban J connectivity index is 2.25. The molecule has 2 rings (SSSR count). The fourth-order valence-corrected chi connectivity index (χ4v) is 3.20. The van der Waals surface area contributed by atoms with Gasteiger partial charge in [-0.1, -0.05) is 0 Å². The topological polar surface area (TPSA) is 48.3 Å². The molecule has 1 atom stereocenters. The normalized spacial score (nSPS) is 21.3. The highest BCUT2D eigenvalue weighted by Crippen LogP contribution is 2.39. The Hall–Kier alpha value is -1.06. The molecule has 1 aliphatic rings. The molecule has 0 saturated carbocycles. The van der Waals surface area contributed by atoms with Crippen LogP contribution in [0.15, 0.2) is 11.1 Å². The second kappa shape index (κ2) is 6.82. The van der Waals surface area contributed by atoms with E-state index in [4.69, 9.17) is 21.2 Å². The summed E-state index contributed by atoms with van der Waals surface area (Å²) < 4.78 is 45.9. The summed E-state index contributed by atoms with van der Waals surface area (Å²) in [5.41, 5.74) is 1.08. The summed E-state index contributed by atoms with van der Waals surface area (Å²) in [5, 5.41) is 4.23. The van der Waals surface area contributed by atoms with Gasteiger partial charge in [0.05, 0.1) is 23.6 Å². The van der Waals surface area contributed by atoms with Gasteiger partial charge in [0.25, 0.3) is 0 Å². The quantitative estimate of drug-likeness (QED) is 0.775. The molecule has 0 aliphatic carbocycles. The van der Waals surface area contributed by atoms with Crippen LogP contribution in [0.25, 0.3) is 0 Å². The van der Waals surface area contributed by atoms with Gasteiger partial charge in [-0.15, -0.1) is 23.4 Å². The predicted molar refractivity (Wildman–Crippen MR) is 82.2 cm³/mol. The zero-order valence-corrected chi connectivity index (χ0v) is 14.4. The molecule has 1 aromatic heterocycles. The minimum Gasteiger partial charge on any atom is -0.481 e. The SMILES string of the molecule is CCn1nc(C(F)(F)F)c(CSC2=CC(C)(CCl)ON2)c1OC. The summed E-state index contributed by atoms with van der Waals surface area (Å²) in [6.07, 6.45) is -2.79. The van der Waals surface area contributed by atoms with Gasteiger partial charge in [0, 0.05) is 12.3 Å². The second-order valence-corrected chi connectivity index (χ2v) is 6.38. The molecule has 5 nitrogen and oxygen atoms in total. The monoisotopic (exact) mass is 371 g/mol. The number of hydrogen-bond donors (Lipinski definition) is 1. The lowest BCUT2D eigenvalue weighted by Gasteiger charge is -2.15. The minimum absolute atomic E-state index is 0.00836. The number of aromatic nitrogens is 2. The Bertz CT molecular complexity index is 606. The molecule has 1 unspecified atom stereocenters. The van der Waals surface area contributed by atoms with Gasteiger partial charge in [-0.3, -0.25) is 10.3 Å². The standard InChI is InChI=1S/C13H17ClF3N3O2S/c1-4-20-11(21-3)8(10(18-20)13(15,16)17)6-23-9-5-12(2,7-14)22-19-9/h5,19H,4,6-7H2,1-3H3. The maximum Gasteiger partial charge on any atom is 0.435 e. The lowest BCUT2D eigenvalue weighted by molar-refractivity contribution is -0.142. The highest BCUT2D eigenvalue weighted by Gasteiger charge is 2.40.